The molecule has 0 aromatic carbocycles. The van der Waals surface area contributed by atoms with Crippen LogP contribution in [0.2, 0.25) is 0 Å². The van der Waals surface area contributed by atoms with Gasteiger partial charge in [-0.3, -0.25) is 4.79 Å². The van der Waals surface area contributed by atoms with Gasteiger partial charge in [0.1, 0.15) is 0 Å². The highest BCUT2D eigenvalue weighted by Gasteiger charge is 2.30. The first kappa shape index (κ1) is 17.7. The lowest BCUT2D eigenvalue weighted by Crippen LogP contribution is -2.46. The molecule has 2 unspecified atom stereocenters. The molecule has 0 amide bonds. The summed E-state index contributed by atoms with van der Waals surface area (Å²) in [6, 6.07) is 0. The van der Waals surface area contributed by atoms with E-state index < -0.39 is 5.97 Å². The zero-order chi connectivity index (χ0) is 15.9. The number of nitrogens with zero attached hydrogens (tertiary/aromatic N) is 2. The molecule has 5 heteroatoms. The van der Waals surface area contributed by atoms with Crippen molar-refractivity contribution in [2.45, 2.75) is 38.5 Å². The average Bonchev–Trinajstić information content (AvgIpc) is 2.50. The zero-order valence-electron chi connectivity index (χ0n) is 13.9. The van der Waals surface area contributed by atoms with Crippen molar-refractivity contribution in [1.29, 1.82) is 0 Å². The fourth-order valence-electron chi connectivity index (χ4n) is 4.05. The SMILES string of the molecule is CN1CCC(CCCC(=O)O)C(CN2CCC(CO)CC2)C1. The van der Waals surface area contributed by atoms with E-state index in [-0.39, 0.29) is 0 Å². The van der Waals surface area contributed by atoms with E-state index in [1.807, 2.05) is 0 Å². The number of likely N-dealkylation sites (tertiary alicyclic amines) is 2. The fourth-order valence-corrected chi connectivity index (χ4v) is 4.05. The van der Waals surface area contributed by atoms with Gasteiger partial charge in [-0.25, -0.2) is 0 Å². The summed E-state index contributed by atoms with van der Waals surface area (Å²) >= 11 is 0. The summed E-state index contributed by atoms with van der Waals surface area (Å²) < 4.78 is 0. The lowest BCUT2D eigenvalue weighted by molar-refractivity contribution is -0.137. The Labute approximate surface area is 134 Å². The third kappa shape index (κ3) is 5.52. The second-order valence-corrected chi connectivity index (χ2v) is 7.28. The van der Waals surface area contributed by atoms with Crippen molar-refractivity contribution in [2.75, 3.05) is 46.4 Å². The van der Waals surface area contributed by atoms with Crippen molar-refractivity contribution in [3.05, 3.63) is 0 Å². The van der Waals surface area contributed by atoms with Gasteiger partial charge >= 0.3 is 5.97 Å². The summed E-state index contributed by atoms with van der Waals surface area (Å²) in [5, 5.41) is 18.1. The second-order valence-electron chi connectivity index (χ2n) is 7.28. The number of hydrogen-bond acceptors (Lipinski definition) is 4. The van der Waals surface area contributed by atoms with Crippen molar-refractivity contribution in [3.8, 4) is 0 Å². The van der Waals surface area contributed by atoms with Gasteiger partial charge in [-0.1, -0.05) is 0 Å². The maximum absolute atomic E-state index is 10.7. The molecule has 0 spiro atoms. The van der Waals surface area contributed by atoms with Crippen LogP contribution in [0.5, 0.6) is 0 Å². The van der Waals surface area contributed by atoms with E-state index in [2.05, 4.69) is 16.8 Å². The molecular formula is C17H32N2O3. The number of piperidine rings is 2. The zero-order valence-corrected chi connectivity index (χ0v) is 13.9. The summed E-state index contributed by atoms with van der Waals surface area (Å²) in [6.07, 6.45) is 5.60. The Morgan fingerprint density at radius 1 is 1.14 bits per heavy atom. The van der Waals surface area contributed by atoms with Gasteiger partial charge in [-0.15, -0.1) is 0 Å². The van der Waals surface area contributed by atoms with Crippen LogP contribution >= 0.6 is 0 Å². The van der Waals surface area contributed by atoms with Gasteiger partial charge in [0.05, 0.1) is 0 Å². The molecule has 2 aliphatic rings. The molecule has 2 atom stereocenters. The minimum Gasteiger partial charge on any atom is -0.481 e. The Kier molecular flexibility index (Phi) is 7.12. The molecule has 0 saturated carbocycles. The van der Waals surface area contributed by atoms with Crippen LogP contribution in [0.3, 0.4) is 0 Å². The van der Waals surface area contributed by atoms with Crippen molar-refractivity contribution in [3.63, 3.8) is 0 Å². The summed E-state index contributed by atoms with van der Waals surface area (Å²) in [6.45, 7) is 5.96. The molecule has 2 saturated heterocycles. The third-order valence-electron chi connectivity index (χ3n) is 5.52. The summed E-state index contributed by atoms with van der Waals surface area (Å²) in [5.41, 5.74) is 0. The third-order valence-corrected chi connectivity index (χ3v) is 5.52. The molecule has 2 fully saturated rings. The van der Waals surface area contributed by atoms with Crippen LogP contribution in [-0.4, -0.2) is 72.4 Å². The number of carboxylic acids is 1. The highest BCUT2D eigenvalue weighted by molar-refractivity contribution is 5.66. The molecule has 0 aromatic rings. The molecular weight excluding hydrogens is 280 g/mol. The molecule has 0 radical (unpaired) electrons. The van der Waals surface area contributed by atoms with Crippen LogP contribution < -0.4 is 0 Å². The Bertz CT molecular complexity index is 343. The molecule has 128 valence electrons. The topological polar surface area (TPSA) is 64.0 Å². The number of rotatable bonds is 7. The normalized spacial score (nSPS) is 28.8. The molecule has 0 bridgehead atoms. The lowest BCUT2D eigenvalue weighted by Gasteiger charge is -2.41. The first-order chi connectivity index (χ1) is 10.6. The monoisotopic (exact) mass is 312 g/mol. The Morgan fingerprint density at radius 3 is 2.50 bits per heavy atom. The molecule has 2 N–H and O–H groups in total. The van der Waals surface area contributed by atoms with Gasteiger partial charge in [-0.2, -0.15) is 0 Å². The van der Waals surface area contributed by atoms with Crippen LogP contribution in [0.4, 0.5) is 0 Å². The van der Waals surface area contributed by atoms with E-state index in [1.165, 1.54) is 6.42 Å². The lowest BCUT2D eigenvalue weighted by atomic mass is 9.81. The largest absolute Gasteiger partial charge is 0.481 e. The van der Waals surface area contributed by atoms with Gasteiger partial charge in [0.25, 0.3) is 0 Å². The van der Waals surface area contributed by atoms with Crippen molar-refractivity contribution < 1.29 is 15.0 Å². The van der Waals surface area contributed by atoms with E-state index in [0.29, 0.717) is 30.8 Å². The Hall–Kier alpha value is -0.650. The average molecular weight is 312 g/mol. The summed E-state index contributed by atoms with van der Waals surface area (Å²) in [7, 11) is 2.19. The predicted molar refractivity (Wildman–Crippen MR) is 86.8 cm³/mol. The standard InChI is InChI=1S/C17H32N2O3/c1-18-8-7-15(3-2-4-17(21)22)16(11-18)12-19-9-5-14(13-20)6-10-19/h14-16,20H,2-13H2,1H3,(H,21,22). The second kappa shape index (κ2) is 8.85. The van der Waals surface area contributed by atoms with E-state index >= 15 is 0 Å². The number of aliphatic hydroxyl groups is 1. The Balaban J connectivity index is 1.80. The van der Waals surface area contributed by atoms with E-state index in [9.17, 15) is 9.90 Å². The van der Waals surface area contributed by atoms with Crippen LogP contribution in [0.25, 0.3) is 0 Å². The summed E-state index contributed by atoms with van der Waals surface area (Å²) in [4.78, 5) is 15.7. The Morgan fingerprint density at radius 2 is 1.86 bits per heavy atom. The van der Waals surface area contributed by atoms with Crippen molar-refractivity contribution in [2.24, 2.45) is 17.8 Å². The van der Waals surface area contributed by atoms with E-state index in [1.54, 1.807) is 0 Å². The van der Waals surface area contributed by atoms with Gasteiger partial charge in [0, 0.05) is 26.1 Å². The number of carboxylic acid groups (broad SMARTS) is 1. The van der Waals surface area contributed by atoms with E-state index in [0.717, 1.165) is 58.4 Å². The molecule has 2 aliphatic heterocycles. The van der Waals surface area contributed by atoms with Crippen LogP contribution in [-0.2, 0) is 4.79 Å². The van der Waals surface area contributed by atoms with Crippen molar-refractivity contribution in [1.82, 2.24) is 9.80 Å². The smallest absolute Gasteiger partial charge is 0.303 e. The molecule has 5 nitrogen and oxygen atoms in total. The van der Waals surface area contributed by atoms with Crippen LogP contribution in [0.15, 0.2) is 0 Å². The number of aliphatic hydroxyl groups excluding tert-OH is 1. The van der Waals surface area contributed by atoms with Crippen molar-refractivity contribution >= 4 is 5.97 Å². The highest BCUT2D eigenvalue weighted by Crippen LogP contribution is 2.29. The van der Waals surface area contributed by atoms with Gasteiger partial charge in [0.15, 0.2) is 0 Å². The maximum atomic E-state index is 10.7. The van der Waals surface area contributed by atoms with Crippen LogP contribution in [0, 0.1) is 17.8 Å². The first-order valence-corrected chi connectivity index (χ1v) is 8.82. The first-order valence-electron chi connectivity index (χ1n) is 8.82. The number of aliphatic carboxylic acids is 1. The predicted octanol–water partition coefficient (Wildman–Crippen LogP) is 1.51. The van der Waals surface area contributed by atoms with Gasteiger partial charge in [0.2, 0.25) is 0 Å². The van der Waals surface area contributed by atoms with Crippen LogP contribution in [0.1, 0.15) is 38.5 Å². The highest BCUT2D eigenvalue weighted by atomic mass is 16.4. The molecule has 0 aromatic heterocycles. The number of hydrogen-bond donors (Lipinski definition) is 2. The summed E-state index contributed by atoms with van der Waals surface area (Å²) in [5.74, 6) is 1.16. The number of carbonyl (C=O) groups is 1. The maximum Gasteiger partial charge on any atom is 0.303 e. The minimum atomic E-state index is -0.671. The minimum absolute atomic E-state index is 0.307. The molecule has 22 heavy (non-hydrogen) atoms. The molecule has 2 heterocycles. The molecule has 2 rings (SSSR count). The van der Waals surface area contributed by atoms with E-state index in [4.69, 9.17) is 5.11 Å². The van der Waals surface area contributed by atoms with Gasteiger partial charge < -0.3 is 20.0 Å². The quantitative estimate of drug-likeness (QED) is 0.746. The van der Waals surface area contributed by atoms with Gasteiger partial charge in [-0.05, 0) is 76.5 Å². The molecule has 0 aliphatic carbocycles. The fraction of sp³-hybridized carbons (Fsp3) is 0.941.